The minimum absolute atomic E-state index is 0.927. The molecule has 4 fully saturated rings. The Morgan fingerprint density at radius 3 is 1.60 bits per heavy atom. The Morgan fingerprint density at radius 2 is 1.20 bits per heavy atom. The second-order valence-electron chi connectivity index (χ2n) is 4.47. The van der Waals surface area contributed by atoms with E-state index in [4.69, 9.17) is 0 Å². The zero-order valence-electron chi connectivity index (χ0n) is 6.34. The summed E-state index contributed by atoms with van der Waals surface area (Å²) in [4.78, 5) is 0. The van der Waals surface area contributed by atoms with Crippen LogP contribution in [-0.4, -0.2) is 0 Å². The predicted octanol–water partition coefficient (Wildman–Crippen LogP) is 2.52. The Labute approximate surface area is 63.0 Å². The van der Waals surface area contributed by atoms with Gasteiger partial charge in [0.25, 0.3) is 0 Å². The van der Waals surface area contributed by atoms with Crippen molar-refractivity contribution in [2.45, 2.75) is 32.1 Å². The zero-order chi connectivity index (χ0) is 6.55. The fourth-order valence-electron chi connectivity index (χ4n) is 3.46. The monoisotopic (exact) mass is 134 g/mol. The molecule has 0 unspecified atom stereocenters. The highest BCUT2D eigenvalue weighted by atomic mass is 14.5. The van der Waals surface area contributed by atoms with E-state index in [2.05, 4.69) is 6.42 Å². The average molecular weight is 134 g/mol. The third kappa shape index (κ3) is 0.681. The molecule has 0 aromatic carbocycles. The molecule has 2 radical (unpaired) electrons. The van der Waals surface area contributed by atoms with Crippen molar-refractivity contribution >= 4 is 0 Å². The molecule has 54 valence electrons. The minimum atomic E-state index is 0.927. The maximum absolute atomic E-state index is 3.71. The second-order valence-corrected chi connectivity index (χ2v) is 4.47. The zero-order valence-corrected chi connectivity index (χ0v) is 6.34. The molecule has 4 saturated carbocycles. The fraction of sp³-hybridized carbons (Fsp3) is 0.900. The van der Waals surface area contributed by atoms with Gasteiger partial charge in [0.2, 0.25) is 0 Å². The third-order valence-electron chi connectivity index (χ3n) is 3.61. The van der Waals surface area contributed by atoms with E-state index in [1.807, 2.05) is 0 Å². The summed E-state index contributed by atoms with van der Waals surface area (Å²) in [6, 6.07) is 0. The summed E-state index contributed by atoms with van der Waals surface area (Å²) in [6.45, 7) is 0. The van der Waals surface area contributed by atoms with Crippen molar-refractivity contribution in [3.63, 3.8) is 0 Å². The Balaban J connectivity index is 1.90. The van der Waals surface area contributed by atoms with Gasteiger partial charge in [0.1, 0.15) is 0 Å². The largest absolute Gasteiger partial charge is 0.0475 e. The maximum Gasteiger partial charge on any atom is -0.0105 e. The van der Waals surface area contributed by atoms with Gasteiger partial charge in [0.05, 0.1) is 0 Å². The average Bonchev–Trinajstić information content (AvgIpc) is 1.82. The molecule has 0 aliphatic heterocycles. The minimum Gasteiger partial charge on any atom is -0.0475 e. The van der Waals surface area contributed by atoms with Gasteiger partial charge in [-0.3, -0.25) is 0 Å². The summed E-state index contributed by atoms with van der Waals surface area (Å²) in [5.41, 5.74) is 0. The molecule has 0 N–H and O–H groups in total. The van der Waals surface area contributed by atoms with Crippen LogP contribution in [0.4, 0.5) is 0 Å². The Hall–Kier alpha value is 0. The highest BCUT2D eigenvalue weighted by Gasteiger charge is 2.42. The van der Waals surface area contributed by atoms with Crippen LogP contribution in [0.15, 0.2) is 0 Å². The topological polar surface area (TPSA) is 0 Å². The number of hydrogen-bond acceptors (Lipinski definition) is 0. The molecule has 0 saturated heterocycles. The van der Waals surface area contributed by atoms with E-state index >= 15 is 0 Å². The van der Waals surface area contributed by atoms with E-state index in [1.54, 1.807) is 6.42 Å². The van der Waals surface area contributed by atoms with Crippen LogP contribution < -0.4 is 0 Å². The van der Waals surface area contributed by atoms with Gasteiger partial charge in [-0.2, -0.15) is 0 Å². The van der Waals surface area contributed by atoms with Gasteiger partial charge in [0, 0.05) is 0 Å². The summed E-state index contributed by atoms with van der Waals surface area (Å²) < 4.78 is 0. The fourth-order valence-corrected chi connectivity index (χ4v) is 3.46. The van der Waals surface area contributed by atoms with Gasteiger partial charge < -0.3 is 0 Å². The maximum atomic E-state index is 3.71. The first-order valence-corrected chi connectivity index (χ1v) is 4.66. The van der Waals surface area contributed by atoms with Crippen LogP contribution in [0.2, 0.25) is 0 Å². The third-order valence-corrected chi connectivity index (χ3v) is 3.61. The Bertz CT molecular complexity index is 91.6. The van der Waals surface area contributed by atoms with Crippen molar-refractivity contribution in [3.8, 4) is 0 Å². The molecule has 0 spiro atoms. The lowest BCUT2D eigenvalue weighted by Gasteiger charge is -2.49. The van der Waals surface area contributed by atoms with Gasteiger partial charge in [-0.25, -0.2) is 0 Å². The van der Waals surface area contributed by atoms with Crippen molar-refractivity contribution in [1.82, 2.24) is 0 Å². The molecule has 4 aliphatic rings. The van der Waals surface area contributed by atoms with E-state index in [9.17, 15) is 0 Å². The molecule has 10 heavy (non-hydrogen) atoms. The van der Waals surface area contributed by atoms with E-state index in [0.717, 1.165) is 23.7 Å². The first kappa shape index (κ1) is 5.62. The lowest BCUT2D eigenvalue weighted by atomic mass is 9.56. The lowest BCUT2D eigenvalue weighted by Crippen LogP contribution is -2.38. The molecule has 4 bridgehead atoms. The van der Waals surface area contributed by atoms with Crippen molar-refractivity contribution in [2.24, 2.45) is 23.7 Å². The summed E-state index contributed by atoms with van der Waals surface area (Å²) in [5.74, 6) is 4.08. The van der Waals surface area contributed by atoms with Crippen LogP contribution in [0.1, 0.15) is 32.1 Å². The molecular formula is C10H14. The van der Waals surface area contributed by atoms with Crippen LogP contribution in [0.25, 0.3) is 0 Å². The van der Waals surface area contributed by atoms with Gasteiger partial charge in [-0.05, 0) is 62.2 Å². The van der Waals surface area contributed by atoms with E-state index in [-0.39, 0.29) is 0 Å². The van der Waals surface area contributed by atoms with E-state index < -0.39 is 0 Å². The smallest absolute Gasteiger partial charge is 0.0105 e. The first-order chi connectivity index (χ1) is 4.90. The molecule has 0 aromatic rings. The molecule has 0 heterocycles. The molecule has 0 atom stereocenters. The molecule has 0 heteroatoms. The first-order valence-electron chi connectivity index (χ1n) is 4.66. The van der Waals surface area contributed by atoms with Crippen LogP contribution >= 0.6 is 0 Å². The summed E-state index contributed by atoms with van der Waals surface area (Å²) in [7, 11) is 0. The molecular weight excluding hydrogens is 120 g/mol. The lowest BCUT2D eigenvalue weighted by molar-refractivity contribution is 0.0649. The van der Waals surface area contributed by atoms with Crippen molar-refractivity contribution in [3.05, 3.63) is 6.42 Å². The summed E-state index contributed by atoms with van der Waals surface area (Å²) in [5, 5.41) is 0. The standard InChI is InChI=1S/C10H14/c1-7-2-9-4-8(1)5-10(3-7)6-9/h7-10H,1-5H2. The van der Waals surface area contributed by atoms with Crippen LogP contribution in [0.3, 0.4) is 0 Å². The molecule has 4 rings (SSSR count). The van der Waals surface area contributed by atoms with Crippen molar-refractivity contribution in [2.75, 3.05) is 0 Å². The quantitative estimate of drug-likeness (QED) is 0.477. The van der Waals surface area contributed by atoms with Crippen LogP contribution in [0.5, 0.6) is 0 Å². The van der Waals surface area contributed by atoms with E-state index in [1.165, 1.54) is 25.7 Å². The molecule has 0 nitrogen and oxygen atoms in total. The van der Waals surface area contributed by atoms with E-state index in [0.29, 0.717) is 0 Å². The normalized spacial score (nSPS) is 57.6. The van der Waals surface area contributed by atoms with Crippen molar-refractivity contribution < 1.29 is 0 Å². The van der Waals surface area contributed by atoms with Gasteiger partial charge in [-0.15, -0.1) is 0 Å². The molecule has 0 amide bonds. The summed E-state index contributed by atoms with van der Waals surface area (Å²) >= 11 is 0. The van der Waals surface area contributed by atoms with Crippen LogP contribution in [0, 0.1) is 30.1 Å². The SMILES string of the molecule is [C]1C2CC3CC1CC(C2)C3. The predicted molar refractivity (Wildman–Crippen MR) is 40.3 cm³/mol. The van der Waals surface area contributed by atoms with Crippen LogP contribution in [-0.2, 0) is 0 Å². The highest BCUT2D eigenvalue weighted by molar-refractivity contribution is 5.02. The Morgan fingerprint density at radius 1 is 0.700 bits per heavy atom. The molecule has 4 aliphatic carbocycles. The summed E-state index contributed by atoms with van der Waals surface area (Å²) in [6.07, 6.45) is 11.2. The van der Waals surface area contributed by atoms with Gasteiger partial charge in [0.15, 0.2) is 0 Å². The van der Waals surface area contributed by atoms with Gasteiger partial charge in [-0.1, -0.05) is 0 Å². The Kier molecular flexibility index (Phi) is 1.00. The van der Waals surface area contributed by atoms with Gasteiger partial charge >= 0.3 is 0 Å². The number of rotatable bonds is 0. The number of hydrogen-bond donors (Lipinski definition) is 0. The second kappa shape index (κ2) is 1.78. The highest BCUT2D eigenvalue weighted by Crippen LogP contribution is 2.52. The molecule has 0 aromatic heterocycles. The van der Waals surface area contributed by atoms with Crippen molar-refractivity contribution in [1.29, 1.82) is 0 Å².